The van der Waals surface area contributed by atoms with Crippen LogP contribution in [0, 0.1) is 17.8 Å². The maximum atomic E-state index is 12.4. The average molecular weight is 299 g/mol. The molecule has 4 nitrogen and oxygen atoms in total. The third kappa shape index (κ3) is 3.06. The number of rotatable bonds is 3. The van der Waals surface area contributed by atoms with Crippen molar-refractivity contribution in [1.29, 1.82) is 0 Å². The van der Waals surface area contributed by atoms with Gasteiger partial charge < -0.3 is 10.1 Å². The number of amides is 1. The van der Waals surface area contributed by atoms with E-state index in [0.717, 1.165) is 18.5 Å². The fourth-order valence-electron chi connectivity index (χ4n) is 3.33. The van der Waals surface area contributed by atoms with E-state index in [1.165, 1.54) is 20.0 Å². The van der Waals surface area contributed by atoms with Crippen molar-refractivity contribution in [3.63, 3.8) is 0 Å². The molecule has 0 heterocycles. The molecule has 1 aromatic rings. The van der Waals surface area contributed by atoms with E-state index >= 15 is 0 Å². The molecule has 22 heavy (non-hydrogen) atoms. The van der Waals surface area contributed by atoms with Gasteiger partial charge in [-0.2, -0.15) is 0 Å². The highest BCUT2D eigenvalue weighted by molar-refractivity contribution is 5.96. The van der Waals surface area contributed by atoms with E-state index in [2.05, 4.69) is 22.2 Å². The van der Waals surface area contributed by atoms with Gasteiger partial charge in [-0.3, -0.25) is 4.79 Å². The summed E-state index contributed by atoms with van der Waals surface area (Å²) >= 11 is 0. The molecule has 0 aromatic heterocycles. The van der Waals surface area contributed by atoms with Gasteiger partial charge in [0.15, 0.2) is 0 Å². The molecule has 4 heteroatoms. The Bertz CT molecular complexity index is 591. The van der Waals surface area contributed by atoms with E-state index in [-0.39, 0.29) is 17.8 Å². The Kier molecular flexibility index (Phi) is 4.27. The smallest absolute Gasteiger partial charge is 0.337 e. The molecular formula is C18H21NO3. The summed E-state index contributed by atoms with van der Waals surface area (Å²) in [4.78, 5) is 23.8. The van der Waals surface area contributed by atoms with E-state index < -0.39 is 0 Å². The largest absolute Gasteiger partial charge is 0.465 e. The Labute approximate surface area is 130 Å². The van der Waals surface area contributed by atoms with Gasteiger partial charge in [0.05, 0.1) is 12.7 Å². The minimum atomic E-state index is -0.372. The number of ether oxygens (including phenoxy) is 1. The summed E-state index contributed by atoms with van der Waals surface area (Å²) < 4.78 is 4.66. The average Bonchev–Trinajstić information content (AvgIpc) is 3.18. The van der Waals surface area contributed by atoms with Crippen LogP contribution < -0.4 is 5.32 Å². The summed E-state index contributed by atoms with van der Waals surface area (Å²) in [6, 6.07) is 6.81. The van der Waals surface area contributed by atoms with Crippen molar-refractivity contribution in [2.75, 3.05) is 12.4 Å². The van der Waals surface area contributed by atoms with Crippen molar-refractivity contribution in [3.05, 3.63) is 42.0 Å². The van der Waals surface area contributed by atoms with Crippen molar-refractivity contribution >= 4 is 17.6 Å². The molecule has 116 valence electrons. The number of carbonyl (C=O) groups is 2. The number of anilines is 1. The van der Waals surface area contributed by atoms with Gasteiger partial charge in [0.1, 0.15) is 0 Å². The summed E-state index contributed by atoms with van der Waals surface area (Å²) in [5.41, 5.74) is 1.21. The number of fused-ring (bicyclic) bond motifs is 1. The van der Waals surface area contributed by atoms with Crippen LogP contribution in [0.25, 0.3) is 0 Å². The Morgan fingerprint density at radius 1 is 1.18 bits per heavy atom. The predicted molar refractivity (Wildman–Crippen MR) is 84.5 cm³/mol. The van der Waals surface area contributed by atoms with Crippen LogP contribution in [0.5, 0.6) is 0 Å². The summed E-state index contributed by atoms with van der Waals surface area (Å²) in [7, 11) is 1.35. The number of benzene rings is 1. The Hall–Kier alpha value is -2.10. The molecule has 2 aliphatic rings. The second-order valence-electron chi connectivity index (χ2n) is 6.04. The lowest BCUT2D eigenvalue weighted by atomic mass is 10.1. The van der Waals surface area contributed by atoms with Crippen molar-refractivity contribution < 1.29 is 14.3 Å². The Morgan fingerprint density at radius 3 is 2.68 bits per heavy atom. The van der Waals surface area contributed by atoms with Crippen LogP contribution in [0.4, 0.5) is 5.69 Å². The number of nitrogens with one attached hydrogen (secondary N) is 1. The SMILES string of the molecule is COC(=O)c1ccc(NC(=O)[C@@H]2[C@@H]3C=CCCCC[C@@H]32)cc1. The Balaban J connectivity index is 1.61. The van der Waals surface area contributed by atoms with Crippen LogP contribution in [0.3, 0.4) is 0 Å². The summed E-state index contributed by atoms with van der Waals surface area (Å²) in [6.45, 7) is 0. The number of hydrogen-bond acceptors (Lipinski definition) is 3. The first kappa shape index (κ1) is 14.8. The number of carbonyl (C=O) groups excluding carboxylic acids is 2. The fourth-order valence-corrected chi connectivity index (χ4v) is 3.33. The highest BCUT2D eigenvalue weighted by Crippen LogP contribution is 2.51. The van der Waals surface area contributed by atoms with E-state index in [1.807, 2.05) is 0 Å². The normalized spacial score (nSPS) is 26.3. The van der Waals surface area contributed by atoms with Crippen molar-refractivity contribution in [2.24, 2.45) is 17.8 Å². The van der Waals surface area contributed by atoms with E-state index in [0.29, 0.717) is 17.4 Å². The van der Waals surface area contributed by atoms with Crippen molar-refractivity contribution in [1.82, 2.24) is 0 Å². The molecule has 1 amide bonds. The van der Waals surface area contributed by atoms with E-state index in [9.17, 15) is 9.59 Å². The van der Waals surface area contributed by atoms with Gasteiger partial charge >= 0.3 is 5.97 Å². The molecule has 1 fully saturated rings. The van der Waals surface area contributed by atoms with Crippen LogP contribution in [0.1, 0.15) is 36.0 Å². The first-order valence-corrected chi connectivity index (χ1v) is 7.86. The first-order chi connectivity index (χ1) is 10.7. The molecule has 0 spiro atoms. The lowest BCUT2D eigenvalue weighted by Crippen LogP contribution is -2.15. The van der Waals surface area contributed by atoms with Crippen LogP contribution in [-0.2, 0) is 9.53 Å². The molecule has 0 radical (unpaired) electrons. The molecule has 1 aromatic carbocycles. The number of allylic oxidation sites excluding steroid dienone is 2. The molecule has 3 atom stereocenters. The highest BCUT2D eigenvalue weighted by Gasteiger charge is 2.52. The lowest BCUT2D eigenvalue weighted by molar-refractivity contribution is -0.117. The maximum Gasteiger partial charge on any atom is 0.337 e. The van der Waals surface area contributed by atoms with Gasteiger partial charge in [-0.05, 0) is 55.4 Å². The third-order valence-corrected chi connectivity index (χ3v) is 4.62. The summed E-state index contributed by atoms with van der Waals surface area (Å²) in [5, 5.41) is 2.96. The van der Waals surface area contributed by atoms with E-state index in [4.69, 9.17) is 0 Å². The topological polar surface area (TPSA) is 55.4 Å². The molecule has 0 aliphatic heterocycles. The van der Waals surface area contributed by atoms with E-state index in [1.54, 1.807) is 24.3 Å². The zero-order valence-corrected chi connectivity index (χ0v) is 12.7. The summed E-state index contributed by atoms with van der Waals surface area (Å²) in [5.74, 6) is 0.742. The molecule has 3 rings (SSSR count). The van der Waals surface area contributed by atoms with Gasteiger partial charge in [-0.15, -0.1) is 0 Å². The van der Waals surface area contributed by atoms with Crippen LogP contribution in [-0.4, -0.2) is 19.0 Å². The molecule has 1 saturated carbocycles. The predicted octanol–water partition coefficient (Wildman–Crippen LogP) is 3.40. The Morgan fingerprint density at radius 2 is 1.95 bits per heavy atom. The molecule has 0 bridgehead atoms. The van der Waals surface area contributed by atoms with Gasteiger partial charge in [0, 0.05) is 11.6 Å². The zero-order chi connectivity index (χ0) is 15.5. The standard InChI is InChI=1S/C18H21NO3/c1-22-18(21)12-8-10-13(11-9-12)19-17(20)16-14-6-4-2-3-5-7-15(14)16/h4,6,8-11,14-16H,2-3,5,7H2,1H3,(H,19,20)/t14-,15+,16-/m1/s1. The molecule has 0 saturated heterocycles. The highest BCUT2D eigenvalue weighted by atomic mass is 16.5. The minimum absolute atomic E-state index is 0.0902. The molecule has 0 unspecified atom stereocenters. The van der Waals surface area contributed by atoms with Crippen LogP contribution in [0.15, 0.2) is 36.4 Å². The second-order valence-corrected chi connectivity index (χ2v) is 6.04. The lowest BCUT2D eigenvalue weighted by Gasteiger charge is -2.06. The number of hydrogen-bond donors (Lipinski definition) is 1. The van der Waals surface area contributed by atoms with Crippen molar-refractivity contribution in [3.8, 4) is 0 Å². The van der Waals surface area contributed by atoms with Crippen LogP contribution in [0.2, 0.25) is 0 Å². The quantitative estimate of drug-likeness (QED) is 0.687. The molecule has 2 aliphatic carbocycles. The maximum absolute atomic E-state index is 12.4. The molecule has 1 N–H and O–H groups in total. The van der Waals surface area contributed by atoms with Crippen LogP contribution >= 0.6 is 0 Å². The first-order valence-electron chi connectivity index (χ1n) is 7.86. The van der Waals surface area contributed by atoms with Gasteiger partial charge in [-0.25, -0.2) is 4.79 Å². The monoisotopic (exact) mass is 299 g/mol. The number of esters is 1. The minimum Gasteiger partial charge on any atom is -0.465 e. The van der Waals surface area contributed by atoms with Gasteiger partial charge in [0.2, 0.25) is 5.91 Å². The number of methoxy groups -OCH3 is 1. The second kappa shape index (κ2) is 6.34. The molecular weight excluding hydrogens is 278 g/mol. The van der Waals surface area contributed by atoms with Gasteiger partial charge in [0.25, 0.3) is 0 Å². The third-order valence-electron chi connectivity index (χ3n) is 4.62. The zero-order valence-electron chi connectivity index (χ0n) is 12.7. The fraction of sp³-hybridized carbons (Fsp3) is 0.444. The summed E-state index contributed by atoms with van der Waals surface area (Å²) in [6.07, 6.45) is 9.15. The van der Waals surface area contributed by atoms with Crippen molar-refractivity contribution in [2.45, 2.75) is 25.7 Å². The van der Waals surface area contributed by atoms with Gasteiger partial charge in [-0.1, -0.05) is 18.6 Å².